The van der Waals surface area contributed by atoms with Gasteiger partial charge in [0.25, 0.3) is 0 Å². The number of nitrogen functional groups attached to an aromatic ring is 1. The van der Waals surface area contributed by atoms with Crippen LogP contribution in [-0.2, 0) is 0 Å². The third kappa shape index (κ3) is 3.38. The molecule has 0 aliphatic heterocycles. The summed E-state index contributed by atoms with van der Waals surface area (Å²) in [5, 5.41) is 0. The molecule has 94 valence electrons. The number of nitrogens with zero attached hydrogens (tertiary/aromatic N) is 1. The molecule has 0 saturated carbocycles. The van der Waals surface area contributed by atoms with Gasteiger partial charge in [-0.3, -0.25) is 4.98 Å². The van der Waals surface area contributed by atoms with E-state index in [9.17, 15) is 0 Å². The van der Waals surface area contributed by atoms with Crippen molar-refractivity contribution in [2.45, 2.75) is 13.3 Å². The smallest absolute Gasteiger partial charge is 0.147 e. The lowest BCUT2D eigenvalue weighted by Crippen LogP contribution is -1.94. The molecule has 1 heterocycles. The molecule has 2 aromatic rings. The Morgan fingerprint density at radius 2 is 1.78 bits per heavy atom. The van der Waals surface area contributed by atoms with Crippen molar-refractivity contribution >= 4 is 5.69 Å². The van der Waals surface area contributed by atoms with Crippen LogP contribution in [0.5, 0.6) is 17.2 Å². The lowest BCUT2D eigenvalue weighted by Gasteiger charge is -2.07. The fraction of sp³-hybridized carbons (Fsp3) is 0.214. The molecule has 0 unspecified atom stereocenters. The Balaban J connectivity index is 2.02. The van der Waals surface area contributed by atoms with Gasteiger partial charge in [0.15, 0.2) is 0 Å². The number of pyridine rings is 1. The van der Waals surface area contributed by atoms with Crippen LogP contribution in [0.2, 0.25) is 0 Å². The minimum Gasteiger partial charge on any atom is -0.494 e. The van der Waals surface area contributed by atoms with Gasteiger partial charge in [-0.25, -0.2) is 0 Å². The molecule has 2 N–H and O–H groups in total. The number of nitrogens with two attached hydrogens (primary N) is 1. The molecular weight excluding hydrogens is 228 g/mol. The molecule has 0 amide bonds. The summed E-state index contributed by atoms with van der Waals surface area (Å²) in [6, 6.07) is 9.20. The van der Waals surface area contributed by atoms with Gasteiger partial charge in [-0.15, -0.1) is 0 Å². The fourth-order valence-electron chi connectivity index (χ4n) is 1.45. The van der Waals surface area contributed by atoms with Gasteiger partial charge < -0.3 is 15.2 Å². The van der Waals surface area contributed by atoms with Crippen molar-refractivity contribution in [2.24, 2.45) is 0 Å². The van der Waals surface area contributed by atoms with Crippen molar-refractivity contribution < 1.29 is 9.47 Å². The van der Waals surface area contributed by atoms with E-state index in [1.54, 1.807) is 18.5 Å². The van der Waals surface area contributed by atoms with Crippen molar-refractivity contribution in [3.63, 3.8) is 0 Å². The highest BCUT2D eigenvalue weighted by Crippen LogP contribution is 2.24. The maximum atomic E-state index is 5.63. The molecule has 0 aliphatic carbocycles. The third-order valence-electron chi connectivity index (χ3n) is 2.27. The summed E-state index contributed by atoms with van der Waals surface area (Å²) in [5.74, 6) is 2.19. The first-order chi connectivity index (χ1) is 8.78. The highest BCUT2D eigenvalue weighted by molar-refractivity contribution is 5.42. The number of anilines is 1. The summed E-state index contributed by atoms with van der Waals surface area (Å²) in [7, 11) is 0. The summed E-state index contributed by atoms with van der Waals surface area (Å²) < 4.78 is 11.1. The lowest BCUT2D eigenvalue weighted by molar-refractivity contribution is 0.317. The Bertz CT molecular complexity index is 497. The fourth-order valence-corrected chi connectivity index (χ4v) is 1.45. The van der Waals surface area contributed by atoms with E-state index in [0.717, 1.165) is 24.5 Å². The van der Waals surface area contributed by atoms with Gasteiger partial charge >= 0.3 is 0 Å². The second kappa shape index (κ2) is 5.91. The van der Waals surface area contributed by atoms with Crippen molar-refractivity contribution in [3.05, 3.63) is 42.7 Å². The second-order valence-corrected chi connectivity index (χ2v) is 3.88. The van der Waals surface area contributed by atoms with Gasteiger partial charge in [0.1, 0.15) is 17.2 Å². The van der Waals surface area contributed by atoms with Crippen LogP contribution in [0.1, 0.15) is 13.3 Å². The lowest BCUT2D eigenvalue weighted by atomic mass is 10.3. The van der Waals surface area contributed by atoms with Gasteiger partial charge in [-0.1, -0.05) is 6.92 Å². The van der Waals surface area contributed by atoms with Crippen molar-refractivity contribution in [1.82, 2.24) is 4.98 Å². The van der Waals surface area contributed by atoms with E-state index in [1.165, 1.54) is 0 Å². The molecular formula is C14H16N2O2. The minimum absolute atomic E-state index is 0.579. The number of rotatable bonds is 5. The summed E-state index contributed by atoms with van der Waals surface area (Å²) in [6.45, 7) is 2.80. The maximum Gasteiger partial charge on any atom is 0.147 e. The standard InChI is InChI=1S/C14H16N2O2/c1-2-7-17-12-3-5-13(6-4-12)18-14-8-11(15)9-16-10-14/h3-6,8-10H,2,7,15H2,1H3. The number of hydrogen-bond acceptors (Lipinski definition) is 4. The van der Waals surface area contributed by atoms with Gasteiger partial charge in [-0.2, -0.15) is 0 Å². The quantitative estimate of drug-likeness (QED) is 0.877. The van der Waals surface area contributed by atoms with Gasteiger partial charge in [0, 0.05) is 6.07 Å². The normalized spacial score (nSPS) is 10.1. The monoisotopic (exact) mass is 244 g/mol. The maximum absolute atomic E-state index is 5.63. The van der Waals surface area contributed by atoms with E-state index in [2.05, 4.69) is 11.9 Å². The van der Waals surface area contributed by atoms with Crippen LogP contribution in [0, 0.1) is 0 Å². The van der Waals surface area contributed by atoms with Crippen LogP contribution in [0.15, 0.2) is 42.7 Å². The molecule has 18 heavy (non-hydrogen) atoms. The molecule has 2 rings (SSSR count). The predicted octanol–water partition coefficient (Wildman–Crippen LogP) is 3.24. The molecule has 0 saturated heterocycles. The first-order valence-electron chi connectivity index (χ1n) is 5.89. The Morgan fingerprint density at radius 1 is 1.06 bits per heavy atom. The molecule has 0 radical (unpaired) electrons. The molecule has 0 spiro atoms. The number of aromatic nitrogens is 1. The molecule has 0 aliphatic rings. The van der Waals surface area contributed by atoms with E-state index >= 15 is 0 Å². The Kier molecular flexibility index (Phi) is 4.02. The van der Waals surface area contributed by atoms with Crippen molar-refractivity contribution in [1.29, 1.82) is 0 Å². The van der Waals surface area contributed by atoms with E-state index in [1.807, 2.05) is 24.3 Å². The number of ether oxygens (including phenoxy) is 2. The van der Waals surface area contributed by atoms with Gasteiger partial charge in [-0.05, 0) is 30.7 Å². The topological polar surface area (TPSA) is 57.4 Å². The first kappa shape index (κ1) is 12.2. The number of hydrogen-bond donors (Lipinski definition) is 1. The van der Waals surface area contributed by atoms with E-state index in [0.29, 0.717) is 11.4 Å². The molecule has 1 aromatic carbocycles. The number of benzene rings is 1. The Hall–Kier alpha value is -2.23. The van der Waals surface area contributed by atoms with Crippen LogP contribution in [0.3, 0.4) is 0 Å². The zero-order chi connectivity index (χ0) is 12.8. The van der Waals surface area contributed by atoms with Gasteiger partial charge in [0.2, 0.25) is 0 Å². The Morgan fingerprint density at radius 3 is 2.44 bits per heavy atom. The minimum atomic E-state index is 0.579. The molecule has 0 bridgehead atoms. The second-order valence-electron chi connectivity index (χ2n) is 3.88. The molecule has 1 aromatic heterocycles. The van der Waals surface area contributed by atoms with E-state index in [4.69, 9.17) is 15.2 Å². The van der Waals surface area contributed by atoms with Crippen LogP contribution < -0.4 is 15.2 Å². The summed E-state index contributed by atoms with van der Waals surface area (Å²) in [5.41, 5.74) is 6.21. The van der Waals surface area contributed by atoms with Crippen LogP contribution >= 0.6 is 0 Å². The summed E-state index contributed by atoms with van der Waals surface area (Å²) in [6.07, 6.45) is 4.19. The largest absolute Gasteiger partial charge is 0.494 e. The average Bonchev–Trinajstić information content (AvgIpc) is 2.38. The Labute approximate surface area is 106 Å². The SMILES string of the molecule is CCCOc1ccc(Oc2cncc(N)c2)cc1. The average molecular weight is 244 g/mol. The van der Waals surface area contributed by atoms with Crippen LogP contribution in [0.4, 0.5) is 5.69 Å². The zero-order valence-electron chi connectivity index (χ0n) is 10.3. The van der Waals surface area contributed by atoms with E-state index in [-0.39, 0.29) is 0 Å². The molecule has 4 nitrogen and oxygen atoms in total. The predicted molar refractivity (Wildman–Crippen MR) is 71.0 cm³/mol. The third-order valence-corrected chi connectivity index (χ3v) is 2.27. The first-order valence-corrected chi connectivity index (χ1v) is 5.89. The van der Waals surface area contributed by atoms with Crippen molar-refractivity contribution in [3.8, 4) is 17.2 Å². The highest BCUT2D eigenvalue weighted by Gasteiger charge is 1.99. The van der Waals surface area contributed by atoms with Crippen LogP contribution in [-0.4, -0.2) is 11.6 Å². The molecule has 0 fully saturated rings. The highest BCUT2D eigenvalue weighted by atomic mass is 16.5. The van der Waals surface area contributed by atoms with E-state index < -0.39 is 0 Å². The summed E-state index contributed by atoms with van der Waals surface area (Å²) >= 11 is 0. The molecule has 4 heteroatoms. The molecule has 0 atom stereocenters. The summed E-state index contributed by atoms with van der Waals surface area (Å²) in [4.78, 5) is 3.96. The van der Waals surface area contributed by atoms with Crippen molar-refractivity contribution in [2.75, 3.05) is 12.3 Å². The van der Waals surface area contributed by atoms with Gasteiger partial charge in [0.05, 0.1) is 24.7 Å². The van der Waals surface area contributed by atoms with Crippen LogP contribution in [0.25, 0.3) is 0 Å². The zero-order valence-corrected chi connectivity index (χ0v) is 10.3.